The standard InChI is InChI=1S/C26H32N2O4.ClH/c1-27(13-10-22-15-20-7-4-5-8-23(20)32-22)11-6-12-28-14-9-19-16-24(30-2)25(31-3)17-21(19)18-26(28)29;/h4-5,7-8,15-17H,6,9-14,18H2,1-3H3;1H. The molecule has 0 N–H and O–H groups in total. The molecule has 0 unspecified atom stereocenters. The lowest BCUT2D eigenvalue weighted by atomic mass is 10.0. The second-order valence-corrected chi connectivity index (χ2v) is 8.44. The molecule has 6 nitrogen and oxygen atoms in total. The normalized spacial score (nSPS) is 13.6. The van der Waals surface area contributed by atoms with Crippen LogP contribution in [-0.4, -0.2) is 63.2 Å². The summed E-state index contributed by atoms with van der Waals surface area (Å²) < 4.78 is 16.7. The molecular weight excluding hydrogens is 440 g/mol. The number of furan rings is 1. The van der Waals surface area contributed by atoms with Gasteiger partial charge in [0, 0.05) is 31.4 Å². The van der Waals surface area contributed by atoms with Crippen molar-refractivity contribution in [2.24, 2.45) is 0 Å². The molecule has 3 aromatic rings. The highest BCUT2D eigenvalue weighted by Gasteiger charge is 2.22. The monoisotopic (exact) mass is 472 g/mol. The van der Waals surface area contributed by atoms with E-state index in [1.54, 1.807) is 14.2 Å². The molecule has 2 heterocycles. The topological polar surface area (TPSA) is 55.2 Å². The van der Waals surface area contributed by atoms with Gasteiger partial charge in [-0.3, -0.25) is 4.79 Å². The third-order valence-corrected chi connectivity index (χ3v) is 6.24. The van der Waals surface area contributed by atoms with Gasteiger partial charge in [0.05, 0.1) is 20.6 Å². The van der Waals surface area contributed by atoms with Crippen LogP contribution in [0.4, 0.5) is 0 Å². The zero-order valence-electron chi connectivity index (χ0n) is 19.6. The summed E-state index contributed by atoms with van der Waals surface area (Å²) in [6, 6.07) is 14.2. The fourth-order valence-corrected chi connectivity index (χ4v) is 4.36. The highest BCUT2D eigenvalue weighted by atomic mass is 35.5. The lowest BCUT2D eigenvalue weighted by Crippen LogP contribution is -2.35. The van der Waals surface area contributed by atoms with E-state index in [1.807, 2.05) is 35.2 Å². The highest BCUT2D eigenvalue weighted by molar-refractivity contribution is 5.85. The first-order chi connectivity index (χ1) is 15.6. The molecule has 4 rings (SSSR count). The third kappa shape index (κ3) is 6.01. The van der Waals surface area contributed by atoms with E-state index in [2.05, 4.69) is 24.1 Å². The van der Waals surface area contributed by atoms with Gasteiger partial charge >= 0.3 is 0 Å². The number of methoxy groups -OCH3 is 2. The molecule has 0 spiro atoms. The van der Waals surface area contributed by atoms with Crippen molar-refractivity contribution in [3.05, 3.63) is 59.4 Å². The van der Waals surface area contributed by atoms with Gasteiger partial charge in [0.2, 0.25) is 5.91 Å². The summed E-state index contributed by atoms with van der Waals surface area (Å²) in [6.07, 6.45) is 3.08. The van der Waals surface area contributed by atoms with Gasteiger partial charge in [0.1, 0.15) is 11.3 Å². The minimum Gasteiger partial charge on any atom is -0.493 e. The van der Waals surface area contributed by atoms with Crippen LogP contribution < -0.4 is 9.47 Å². The van der Waals surface area contributed by atoms with E-state index in [4.69, 9.17) is 13.9 Å². The van der Waals surface area contributed by atoms with Gasteiger partial charge in [-0.25, -0.2) is 0 Å². The Labute approximate surface area is 201 Å². The molecule has 1 aromatic heterocycles. The second kappa shape index (κ2) is 11.4. The van der Waals surface area contributed by atoms with Crippen molar-refractivity contribution in [2.75, 3.05) is 47.4 Å². The predicted octanol–water partition coefficient (Wildman–Crippen LogP) is 4.36. The molecule has 1 aliphatic rings. The molecule has 0 fully saturated rings. The highest BCUT2D eigenvalue weighted by Crippen LogP contribution is 2.32. The van der Waals surface area contributed by atoms with Crippen molar-refractivity contribution in [3.63, 3.8) is 0 Å². The molecule has 33 heavy (non-hydrogen) atoms. The molecule has 0 bridgehead atoms. The maximum Gasteiger partial charge on any atom is 0.227 e. The summed E-state index contributed by atoms with van der Waals surface area (Å²) in [5.41, 5.74) is 3.15. The average molecular weight is 473 g/mol. The summed E-state index contributed by atoms with van der Waals surface area (Å²) in [5, 5.41) is 1.15. The minimum atomic E-state index is 0. The van der Waals surface area contributed by atoms with Gasteiger partial charge in [0.25, 0.3) is 0 Å². The number of carbonyl (C=O) groups is 1. The van der Waals surface area contributed by atoms with Crippen molar-refractivity contribution >= 4 is 29.3 Å². The van der Waals surface area contributed by atoms with E-state index in [1.165, 1.54) is 5.56 Å². The number of hydrogen-bond acceptors (Lipinski definition) is 5. The van der Waals surface area contributed by atoms with E-state index in [9.17, 15) is 4.79 Å². The molecular formula is C26H33ClN2O4. The van der Waals surface area contributed by atoms with Crippen LogP contribution >= 0.6 is 12.4 Å². The lowest BCUT2D eigenvalue weighted by Gasteiger charge is -2.22. The number of nitrogens with zero attached hydrogens (tertiary/aromatic N) is 2. The number of para-hydroxylation sites is 1. The largest absolute Gasteiger partial charge is 0.493 e. The van der Waals surface area contributed by atoms with Gasteiger partial charge in [-0.1, -0.05) is 18.2 Å². The fourth-order valence-electron chi connectivity index (χ4n) is 4.36. The summed E-state index contributed by atoms with van der Waals surface area (Å²) in [7, 11) is 5.39. The minimum absolute atomic E-state index is 0. The molecule has 178 valence electrons. The van der Waals surface area contributed by atoms with Crippen LogP contribution in [0.25, 0.3) is 11.0 Å². The first-order valence-electron chi connectivity index (χ1n) is 11.2. The zero-order chi connectivity index (χ0) is 22.5. The van der Waals surface area contributed by atoms with Gasteiger partial charge in [-0.05, 0) is 61.8 Å². The van der Waals surface area contributed by atoms with E-state index >= 15 is 0 Å². The first kappa shape index (κ1) is 24.9. The van der Waals surface area contributed by atoms with Crippen molar-refractivity contribution in [1.29, 1.82) is 0 Å². The molecule has 7 heteroatoms. The van der Waals surface area contributed by atoms with Crippen LogP contribution in [0, 0.1) is 0 Å². The molecule has 2 aromatic carbocycles. The number of hydrogen-bond donors (Lipinski definition) is 0. The van der Waals surface area contributed by atoms with Gasteiger partial charge in [-0.2, -0.15) is 0 Å². The number of fused-ring (bicyclic) bond motifs is 2. The van der Waals surface area contributed by atoms with Gasteiger partial charge in [0.15, 0.2) is 11.5 Å². The van der Waals surface area contributed by atoms with Crippen molar-refractivity contribution in [2.45, 2.75) is 25.7 Å². The summed E-state index contributed by atoms with van der Waals surface area (Å²) in [6.45, 7) is 3.39. The second-order valence-electron chi connectivity index (χ2n) is 8.44. The Morgan fingerprint density at radius 1 is 1.03 bits per heavy atom. The van der Waals surface area contributed by atoms with Crippen LogP contribution in [0.3, 0.4) is 0 Å². The Morgan fingerprint density at radius 3 is 2.48 bits per heavy atom. The number of benzene rings is 2. The Kier molecular flexibility index (Phi) is 8.64. The number of rotatable bonds is 9. The maximum absolute atomic E-state index is 12.8. The van der Waals surface area contributed by atoms with Gasteiger partial charge < -0.3 is 23.7 Å². The smallest absolute Gasteiger partial charge is 0.227 e. The predicted molar refractivity (Wildman–Crippen MR) is 133 cm³/mol. The molecule has 0 aliphatic carbocycles. The quantitative estimate of drug-likeness (QED) is 0.463. The lowest BCUT2D eigenvalue weighted by molar-refractivity contribution is -0.130. The Bertz CT molecular complexity index is 1050. The molecule has 0 radical (unpaired) electrons. The van der Waals surface area contributed by atoms with E-state index in [-0.39, 0.29) is 18.3 Å². The summed E-state index contributed by atoms with van der Waals surface area (Å²) >= 11 is 0. The number of ether oxygens (including phenoxy) is 2. The molecule has 1 aliphatic heterocycles. The Balaban J connectivity index is 0.00000306. The van der Waals surface area contributed by atoms with Crippen molar-refractivity contribution in [3.8, 4) is 11.5 Å². The molecule has 0 saturated heterocycles. The van der Waals surface area contributed by atoms with Crippen LogP contribution in [0.15, 0.2) is 46.9 Å². The number of likely N-dealkylation sites (N-methyl/N-ethyl adjacent to an activating group) is 1. The van der Waals surface area contributed by atoms with E-state index < -0.39 is 0 Å². The van der Waals surface area contributed by atoms with E-state index in [0.717, 1.165) is 73.5 Å². The molecule has 0 atom stereocenters. The third-order valence-electron chi connectivity index (χ3n) is 6.24. The molecule has 0 saturated carbocycles. The van der Waals surface area contributed by atoms with Crippen LogP contribution in [0.2, 0.25) is 0 Å². The van der Waals surface area contributed by atoms with Crippen LogP contribution in [0.5, 0.6) is 11.5 Å². The van der Waals surface area contributed by atoms with Crippen molar-refractivity contribution < 1.29 is 18.7 Å². The maximum atomic E-state index is 12.8. The van der Waals surface area contributed by atoms with E-state index in [0.29, 0.717) is 12.2 Å². The Morgan fingerprint density at radius 2 is 1.76 bits per heavy atom. The Hall–Kier alpha value is -2.70. The van der Waals surface area contributed by atoms with Crippen LogP contribution in [0.1, 0.15) is 23.3 Å². The first-order valence-corrected chi connectivity index (χ1v) is 11.2. The number of amides is 1. The fraction of sp³-hybridized carbons (Fsp3) is 0.423. The summed E-state index contributed by atoms with van der Waals surface area (Å²) in [5.74, 6) is 2.60. The zero-order valence-corrected chi connectivity index (χ0v) is 20.5. The van der Waals surface area contributed by atoms with Crippen molar-refractivity contribution in [1.82, 2.24) is 9.80 Å². The average Bonchev–Trinajstić information content (AvgIpc) is 3.16. The number of carbonyl (C=O) groups excluding carboxylic acids is 1. The van der Waals surface area contributed by atoms with Crippen LogP contribution in [-0.2, 0) is 24.1 Å². The molecule has 1 amide bonds. The number of halogens is 1. The SMILES string of the molecule is COc1cc2c(cc1OC)CC(=O)N(CCCN(C)CCc1cc3ccccc3o1)CC2.Cl. The summed E-state index contributed by atoms with van der Waals surface area (Å²) in [4.78, 5) is 17.1. The van der Waals surface area contributed by atoms with Gasteiger partial charge in [-0.15, -0.1) is 12.4 Å².